The van der Waals surface area contributed by atoms with Crippen LogP contribution in [0.4, 0.5) is 52.2 Å². The molecule has 0 radical (unpaired) electrons. The number of imide groups is 1. The Labute approximate surface area is 384 Å². The number of halogens is 4. The highest BCUT2D eigenvalue weighted by Crippen LogP contribution is 2.47. The number of hydrogen-bond acceptors (Lipinski definition) is 12. The molecule has 1 saturated carbocycles. The van der Waals surface area contributed by atoms with E-state index in [9.17, 15) is 14.4 Å². The van der Waals surface area contributed by atoms with Gasteiger partial charge in [0.05, 0.1) is 29.1 Å². The SMILES string of the molecule is Cn1nc(N2C(=O)CCCC2=O)c2ccc(N3CCC(CN4CCC5(CC4)CCN(c4ncc(F)c(Nc6ccc7c(c6)c6c(c(=O)n7C)OCC(F)(F)[C@H](C7CC7)N6)n4)CC5)CC3)c(F)c21. The van der Waals surface area contributed by atoms with E-state index in [1.165, 1.54) is 15.4 Å². The summed E-state index contributed by atoms with van der Waals surface area (Å²) in [6.07, 6.45) is 9.62. The standard InChI is InChI=1S/C48H55F4N11O4/c1-58-34-10-8-30(24-32(34)39-41(45(58)66)67-27-48(51,52)42(55-39)29-6-7-29)54-43-33(49)25-53-46(56-43)62-22-16-47(17-23-62)14-20-60(21-15-47)26-28-12-18-61(19-13-28)35-11-9-31-40(38(35)50)59(2)57-44(31)63-36(64)4-3-5-37(63)65/h8-11,24-25,28-29,42,55H,3-7,12-23,26-27H2,1-2H3,(H,53,54,56)/t42-/m0/s1. The maximum atomic E-state index is 16.2. The monoisotopic (exact) mass is 925 g/mol. The van der Waals surface area contributed by atoms with Crippen molar-refractivity contribution >= 4 is 68.3 Å². The zero-order valence-corrected chi connectivity index (χ0v) is 37.8. The van der Waals surface area contributed by atoms with Crippen molar-refractivity contribution < 1.29 is 31.9 Å². The van der Waals surface area contributed by atoms with Crippen molar-refractivity contribution in [3.8, 4) is 5.75 Å². The van der Waals surface area contributed by atoms with E-state index < -0.39 is 29.9 Å². The molecule has 0 bridgehead atoms. The van der Waals surface area contributed by atoms with E-state index in [1.54, 1.807) is 44.4 Å². The number of fused-ring (bicyclic) bond motifs is 4. The summed E-state index contributed by atoms with van der Waals surface area (Å²) in [6.45, 7) is 5.12. The molecule has 11 rings (SSSR count). The lowest BCUT2D eigenvalue weighted by atomic mass is 9.71. The fraction of sp³-hybridized carbons (Fsp3) is 0.542. The first kappa shape index (κ1) is 43.6. The highest BCUT2D eigenvalue weighted by atomic mass is 19.3. The average molecular weight is 926 g/mol. The molecule has 4 saturated heterocycles. The van der Waals surface area contributed by atoms with Crippen molar-refractivity contribution in [1.82, 2.24) is 29.2 Å². The van der Waals surface area contributed by atoms with Gasteiger partial charge in [0.15, 0.2) is 29.9 Å². The Morgan fingerprint density at radius 1 is 0.866 bits per heavy atom. The number of ether oxygens (including phenoxy) is 1. The molecule has 1 atom stereocenters. The fourth-order valence-electron chi connectivity index (χ4n) is 11.3. The van der Waals surface area contributed by atoms with Crippen LogP contribution in [0, 0.1) is 28.9 Å². The van der Waals surface area contributed by atoms with Crippen LogP contribution in [0.25, 0.3) is 21.8 Å². The number of hydrogen-bond donors (Lipinski definition) is 2. The number of alkyl halides is 2. The Kier molecular flexibility index (Phi) is 10.8. The molecule has 2 amide bonds. The van der Waals surface area contributed by atoms with Crippen molar-refractivity contribution in [2.75, 3.05) is 77.8 Å². The van der Waals surface area contributed by atoms with E-state index in [0.717, 1.165) is 89.2 Å². The van der Waals surface area contributed by atoms with Crippen molar-refractivity contribution in [3.63, 3.8) is 0 Å². The summed E-state index contributed by atoms with van der Waals surface area (Å²) >= 11 is 0. The van der Waals surface area contributed by atoms with Gasteiger partial charge in [-0.3, -0.25) is 19.1 Å². The number of carbonyl (C=O) groups is 2. The number of rotatable bonds is 8. The number of anilines is 6. The van der Waals surface area contributed by atoms with Crippen LogP contribution in [0.1, 0.15) is 70.6 Å². The normalized spacial score (nSPS) is 22.5. The zero-order chi connectivity index (χ0) is 46.4. The lowest BCUT2D eigenvalue weighted by molar-refractivity contribution is -0.129. The molecule has 15 nitrogen and oxygen atoms in total. The van der Waals surface area contributed by atoms with Crippen LogP contribution in [0.3, 0.4) is 0 Å². The van der Waals surface area contributed by atoms with Gasteiger partial charge in [-0.1, -0.05) is 0 Å². The second kappa shape index (κ2) is 16.7. The molecule has 5 aliphatic heterocycles. The first-order valence-corrected chi connectivity index (χ1v) is 23.7. The Morgan fingerprint density at radius 2 is 1.58 bits per heavy atom. The number of nitrogens with one attached hydrogen (secondary N) is 2. The molecule has 3 aromatic heterocycles. The maximum Gasteiger partial charge on any atom is 0.301 e. The largest absolute Gasteiger partial charge is 0.480 e. The Balaban J connectivity index is 0.693. The molecule has 1 spiro atoms. The van der Waals surface area contributed by atoms with E-state index in [0.29, 0.717) is 64.3 Å². The minimum atomic E-state index is -3.17. The van der Waals surface area contributed by atoms with Gasteiger partial charge >= 0.3 is 5.92 Å². The molecule has 6 aliphatic rings. The van der Waals surface area contributed by atoms with Crippen LogP contribution < -0.4 is 35.6 Å². The van der Waals surface area contributed by atoms with Crippen molar-refractivity contribution in [1.29, 1.82) is 0 Å². The predicted octanol–water partition coefficient (Wildman–Crippen LogP) is 7.10. The molecule has 8 heterocycles. The number of nitrogens with zero attached hydrogens (tertiary/aromatic N) is 9. The number of aromatic nitrogens is 5. The number of piperidine rings is 4. The third-order valence-electron chi connectivity index (χ3n) is 15.5. The lowest BCUT2D eigenvalue weighted by Gasteiger charge is -2.47. The summed E-state index contributed by atoms with van der Waals surface area (Å²) < 4.78 is 70.2. The molecular formula is C48H55F4N11O4. The van der Waals surface area contributed by atoms with E-state index in [-0.39, 0.29) is 64.9 Å². The summed E-state index contributed by atoms with van der Waals surface area (Å²) in [7, 11) is 3.21. The summed E-state index contributed by atoms with van der Waals surface area (Å²) in [5.41, 5.74) is 1.71. The third kappa shape index (κ3) is 7.89. The van der Waals surface area contributed by atoms with Crippen molar-refractivity contribution in [2.45, 2.75) is 82.6 Å². The highest BCUT2D eigenvalue weighted by molar-refractivity contribution is 6.19. The number of benzene rings is 2. The Morgan fingerprint density at radius 3 is 2.30 bits per heavy atom. The number of aryl methyl sites for hydroxylation is 2. The van der Waals surface area contributed by atoms with Crippen molar-refractivity contribution in [2.24, 2.45) is 31.3 Å². The molecule has 67 heavy (non-hydrogen) atoms. The van der Waals surface area contributed by atoms with E-state index >= 15 is 17.6 Å². The molecule has 2 aromatic carbocycles. The van der Waals surface area contributed by atoms with Gasteiger partial charge in [-0.2, -0.15) is 10.1 Å². The van der Waals surface area contributed by atoms with Crippen LogP contribution in [-0.4, -0.2) is 105 Å². The van der Waals surface area contributed by atoms with Crippen LogP contribution in [-0.2, 0) is 23.7 Å². The topological polar surface area (TPSA) is 146 Å². The van der Waals surface area contributed by atoms with E-state index in [4.69, 9.17) is 4.74 Å². The molecule has 354 valence electrons. The molecule has 2 N–H and O–H groups in total. The van der Waals surface area contributed by atoms with Crippen LogP contribution in [0.15, 0.2) is 41.3 Å². The fourth-order valence-corrected chi connectivity index (χ4v) is 11.3. The van der Waals surface area contributed by atoms with Gasteiger partial charge in [0.1, 0.15) is 5.52 Å². The van der Waals surface area contributed by atoms with E-state index in [1.807, 2.05) is 0 Å². The number of carbonyl (C=O) groups excluding carboxylic acids is 2. The van der Waals surface area contributed by atoms with Crippen molar-refractivity contribution in [3.05, 3.63) is 58.5 Å². The minimum absolute atomic E-state index is 0.00907. The third-order valence-corrected chi connectivity index (χ3v) is 15.5. The summed E-state index contributed by atoms with van der Waals surface area (Å²) in [6, 6.07) is 7.48. The van der Waals surface area contributed by atoms with Crippen LogP contribution in [0.2, 0.25) is 0 Å². The quantitative estimate of drug-likeness (QED) is 0.121. The summed E-state index contributed by atoms with van der Waals surface area (Å²) in [5, 5.41) is 11.5. The summed E-state index contributed by atoms with van der Waals surface area (Å²) in [5.74, 6) is -4.03. The lowest BCUT2D eigenvalue weighted by Crippen LogP contribution is -2.48. The first-order valence-electron chi connectivity index (χ1n) is 23.7. The molecule has 0 unspecified atom stereocenters. The van der Waals surface area contributed by atoms with Gasteiger partial charge < -0.3 is 34.6 Å². The first-order chi connectivity index (χ1) is 32.3. The van der Waals surface area contributed by atoms with Gasteiger partial charge in [-0.15, -0.1) is 0 Å². The predicted molar refractivity (Wildman–Crippen MR) is 247 cm³/mol. The highest BCUT2D eigenvalue weighted by Gasteiger charge is 2.51. The van der Waals surface area contributed by atoms with Gasteiger partial charge in [0, 0.05) is 76.1 Å². The minimum Gasteiger partial charge on any atom is -0.480 e. The maximum absolute atomic E-state index is 16.2. The van der Waals surface area contributed by atoms with Gasteiger partial charge in [-0.25, -0.2) is 27.4 Å². The second-order valence-corrected chi connectivity index (χ2v) is 19.7. The van der Waals surface area contributed by atoms with Crippen LogP contribution in [0.5, 0.6) is 5.75 Å². The Bertz CT molecular complexity index is 2820. The number of pyridine rings is 1. The van der Waals surface area contributed by atoms with Gasteiger partial charge in [0.2, 0.25) is 23.5 Å². The smallest absolute Gasteiger partial charge is 0.301 e. The molecule has 1 aliphatic carbocycles. The molecule has 5 fully saturated rings. The zero-order valence-electron chi connectivity index (χ0n) is 37.8. The van der Waals surface area contributed by atoms with Gasteiger partial charge in [-0.05, 0) is 118 Å². The number of amides is 2. The molecular weight excluding hydrogens is 871 g/mol. The summed E-state index contributed by atoms with van der Waals surface area (Å²) in [4.78, 5) is 55.4. The van der Waals surface area contributed by atoms with Crippen LogP contribution >= 0.6 is 0 Å². The molecule has 19 heteroatoms. The Hall–Kier alpha value is -5.98. The average Bonchev–Trinajstić information content (AvgIpc) is 4.12. The number of likely N-dealkylation sites (tertiary alicyclic amines) is 1. The van der Waals surface area contributed by atoms with E-state index in [2.05, 4.69) is 40.4 Å². The van der Waals surface area contributed by atoms with Gasteiger partial charge in [0.25, 0.3) is 5.56 Å². The molecule has 5 aromatic rings. The second-order valence-electron chi connectivity index (χ2n) is 19.7.